The zero-order valence-electron chi connectivity index (χ0n) is 18.3. The fourth-order valence-corrected chi connectivity index (χ4v) is 3.75. The van der Waals surface area contributed by atoms with Gasteiger partial charge in [-0.25, -0.2) is 4.68 Å². The maximum atomic E-state index is 13.3. The van der Waals surface area contributed by atoms with Crippen molar-refractivity contribution < 1.29 is 27.6 Å². The number of nitrogens with zero attached hydrogens (tertiary/aromatic N) is 3. The molecular weight excluding hydrogens is 457 g/mol. The Labute approximate surface area is 191 Å². The van der Waals surface area contributed by atoms with Crippen molar-refractivity contribution in [1.29, 1.82) is 0 Å². The van der Waals surface area contributed by atoms with Gasteiger partial charge in [-0.2, -0.15) is 18.3 Å². The van der Waals surface area contributed by atoms with Gasteiger partial charge in [-0.05, 0) is 36.8 Å². The van der Waals surface area contributed by atoms with E-state index >= 15 is 0 Å². The van der Waals surface area contributed by atoms with Crippen molar-refractivity contribution in [3.8, 4) is 5.75 Å². The summed E-state index contributed by atoms with van der Waals surface area (Å²) in [7, 11) is 1.45. The molecule has 0 radical (unpaired) electrons. The fourth-order valence-electron chi connectivity index (χ4n) is 3.75. The largest absolute Gasteiger partial charge is 0.488 e. The van der Waals surface area contributed by atoms with Crippen LogP contribution in [0.25, 0.3) is 10.8 Å². The van der Waals surface area contributed by atoms with Gasteiger partial charge in [-0.1, -0.05) is 0 Å². The van der Waals surface area contributed by atoms with Crippen molar-refractivity contribution in [1.82, 2.24) is 9.78 Å². The summed E-state index contributed by atoms with van der Waals surface area (Å²) in [6.07, 6.45) is -4.15. The summed E-state index contributed by atoms with van der Waals surface area (Å²) in [6.45, 7) is 2.59. The third-order valence-electron chi connectivity index (χ3n) is 5.54. The molecule has 1 saturated heterocycles. The van der Waals surface area contributed by atoms with Crippen LogP contribution in [0.2, 0.25) is 0 Å². The number of ether oxygens (including phenoxy) is 2. The van der Waals surface area contributed by atoms with E-state index in [9.17, 15) is 28.1 Å². The molecule has 0 unspecified atom stereocenters. The second-order valence-corrected chi connectivity index (χ2v) is 8.02. The Hall–Kier alpha value is -3.67. The highest BCUT2D eigenvalue weighted by atomic mass is 19.4. The van der Waals surface area contributed by atoms with Gasteiger partial charge in [0.15, 0.2) is 5.82 Å². The first-order chi connectivity index (χ1) is 16.0. The van der Waals surface area contributed by atoms with Gasteiger partial charge in [-0.15, -0.1) is 0 Å². The number of rotatable bonds is 6. The normalized spacial score (nSPS) is 17.0. The third-order valence-corrected chi connectivity index (χ3v) is 5.54. The number of halogens is 3. The molecule has 0 aliphatic carbocycles. The molecule has 4 rings (SSSR count). The lowest BCUT2D eigenvalue weighted by Gasteiger charge is -2.19. The standard InChI is InChI=1S/C22H21F3N4O5/c1-12(13-7-14(22(23,24)25)9-15(8-13)29(31)32)26-20-19-10-16(34-17-5-6-33-11-17)3-4-18(19)21(30)28(2)27-20/h3-4,7-10,12,17H,5-6,11H2,1-2H3,(H,26,27)/t12-,17+/m1/s1. The number of hydrogen-bond donors (Lipinski definition) is 1. The van der Waals surface area contributed by atoms with Crippen LogP contribution < -0.4 is 15.6 Å². The van der Waals surface area contributed by atoms with Crippen molar-refractivity contribution in [2.75, 3.05) is 18.5 Å². The van der Waals surface area contributed by atoms with Crippen molar-refractivity contribution >= 4 is 22.3 Å². The van der Waals surface area contributed by atoms with E-state index in [0.29, 0.717) is 35.8 Å². The molecular formula is C22H21F3N4O5. The number of hydrogen-bond acceptors (Lipinski definition) is 7. The summed E-state index contributed by atoms with van der Waals surface area (Å²) in [6, 6.07) is 6.50. The molecule has 2 heterocycles. The third kappa shape index (κ3) is 4.81. The number of benzene rings is 2. The number of non-ortho nitro benzene ring substituents is 1. The first-order valence-electron chi connectivity index (χ1n) is 10.4. The molecule has 0 bridgehead atoms. The molecule has 1 fully saturated rings. The molecule has 9 nitrogen and oxygen atoms in total. The Morgan fingerprint density at radius 1 is 1.26 bits per heavy atom. The summed E-state index contributed by atoms with van der Waals surface area (Å²) >= 11 is 0. The molecule has 1 aliphatic heterocycles. The van der Waals surface area contributed by atoms with E-state index in [0.717, 1.165) is 23.2 Å². The SMILES string of the molecule is C[C@@H](Nc1nn(C)c(=O)c2ccc(O[C@H]3CCOC3)cc12)c1cc([N+](=O)[O-])cc(C(F)(F)F)c1. The van der Waals surface area contributed by atoms with Gasteiger partial charge in [0.25, 0.3) is 11.2 Å². The molecule has 0 spiro atoms. The topological polar surface area (TPSA) is 109 Å². The lowest BCUT2D eigenvalue weighted by molar-refractivity contribution is -0.385. The minimum atomic E-state index is -4.75. The van der Waals surface area contributed by atoms with Gasteiger partial charge in [-0.3, -0.25) is 14.9 Å². The van der Waals surface area contributed by atoms with Crippen LogP contribution in [0.3, 0.4) is 0 Å². The summed E-state index contributed by atoms with van der Waals surface area (Å²) < 4.78 is 52.2. The number of aryl methyl sites for hydroxylation is 1. The van der Waals surface area contributed by atoms with Crippen molar-refractivity contribution in [2.24, 2.45) is 7.05 Å². The van der Waals surface area contributed by atoms with Gasteiger partial charge in [0.05, 0.1) is 35.1 Å². The van der Waals surface area contributed by atoms with Crippen LogP contribution in [0, 0.1) is 10.1 Å². The van der Waals surface area contributed by atoms with Crippen LogP contribution in [-0.2, 0) is 18.0 Å². The average molecular weight is 478 g/mol. The quantitative estimate of drug-likeness (QED) is 0.418. The van der Waals surface area contributed by atoms with E-state index in [1.807, 2.05) is 0 Å². The van der Waals surface area contributed by atoms with E-state index in [4.69, 9.17) is 9.47 Å². The molecule has 2 aromatic carbocycles. The second kappa shape index (κ2) is 8.93. The highest BCUT2D eigenvalue weighted by molar-refractivity contribution is 5.92. The number of nitro benzene ring substituents is 1. The van der Waals surface area contributed by atoms with Gasteiger partial charge >= 0.3 is 6.18 Å². The minimum absolute atomic E-state index is 0.0424. The first kappa shape index (κ1) is 23.5. The van der Waals surface area contributed by atoms with Crippen molar-refractivity contribution in [3.05, 3.63) is 68.0 Å². The molecule has 1 aromatic heterocycles. The molecule has 0 amide bonds. The molecule has 1 aliphatic rings. The Morgan fingerprint density at radius 3 is 2.68 bits per heavy atom. The smallest absolute Gasteiger partial charge is 0.416 e. The zero-order valence-corrected chi connectivity index (χ0v) is 18.3. The predicted molar refractivity (Wildman–Crippen MR) is 117 cm³/mol. The van der Waals surface area contributed by atoms with E-state index < -0.39 is 28.4 Å². The maximum absolute atomic E-state index is 13.3. The Kier molecular flexibility index (Phi) is 6.17. The Bertz CT molecular complexity index is 1300. The Morgan fingerprint density at radius 2 is 2.03 bits per heavy atom. The zero-order chi connectivity index (χ0) is 24.6. The van der Waals surface area contributed by atoms with E-state index in [2.05, 4.69) is 10.4 Å². The summed E-state index contributed by atoms with van der Waals surface area (Å²) in [5.74, 6) is 0.709. The van der Waals surface area contributed by atoms with Gasteiger partial charge in [0.1, 0.15) is 11.9 Å². The summed E-state index contributed by atoms with van der Waals surface area (Å²) in [4.78, 5) is 22.9. The van der Waals surface area contributed by atoms with E-state index in [1.54, 1.807) is 25.1 Å². The fraction of sp³-hybridized carbons (Fsp3) is 0.364. The molecule has 2 atom stereocenters. The van der Waals surface area contributed by atoms with Crippen LogP contribution >= 0.6 is 0 Å². The number of aromatic nitrogens is 2. The van der Waals surface area contributed by atoms with Crippen LogP contribution in [0.5, 0.6) is 5.75 Å². The second-order valence-electron chi connectivity index (χ2n) is 8.02. The van der Waals surface area contributed by atoms with Gasteiger partial charge < -0.3 is 14.8 Å². The first-order valence-corrected chi connectivity index (χ1v) is 10.4. The molecule has 34 heavy (non-hydrogen) atoms. The summed E-state index contributed by atoms with van der Waals surface area (Å²) in [5, 5.41) is 19.2. The number of fused-ring (bicyclic) bond motifs is 1. The van der Waals surface area contributed by atoms with E-state index in [-0.39, 0.29) is 23.0 Å². The highest BCUT2D eigenvalue weighted by Gasteiger charge is 2.33. The lowest BCUT2D eigenvalue weighted by Crippen LogP contribution is -2.22. The number of alkyl halides is 3. The lowest BCUT2D eigenvalue weighted by atomic mass is 10.0. The predicted octanol–water partition coefficient (Wildman–Crippen LogP) is 4.20. The monoisotopic (exact) mass is 478 g/mol. The number of anilines is 1. The Balaban J connectivity index is 1.73. The van der Waals surface area contributed by atoms with Crippen molar-refractivity contribution in [2.45, 2.75) is 31.7 Å². The van der Waals surface area contributed by atoms with Crippen LogP contribution in [0.1, 0.15) is 30.5 Å². The van der Waals surface area contributed by atoms with Crippen molar-refractivity contribution in [3.63, 3.8) is 0 Å². The number of nitro groups is 1. The molecule has 0 saturated carbocycles. The maximum Gasteiger partial charge on any atom is 0.416 e. The van der Waals surface area contributed by atoms with Crippen LogP contribution in [-0.4, -0.2) is 34.0 Å². The van der Waals surface area contributed by atoms with Crippen LogP contribution in [0.15, 0.2) is 41.2 Å². The molecule has 12 heteroatoms. The minimum Gasteiger partial charge on any atom is -0.488 e. The summed E-state index contributed by atoms with van der Waals surface area (Å²) in [5.41, 5.74) is -2.12. The molecule has 1 N–H and O–H groups in total. The van der Waals surface area contributed by atoms with Gasteiger partial charge in [0, 0.05) is 31.0 Å². The van der Waals surface area contributed by atoms with Crippen LogP contribution in [0.4, 0.5) is 24.7 Å². The van der Waals surface area contributed by atoms with E-state index in [1.165, 1.54) is 7.05 Å². The highest BCUT2D eigenvalue weighted by Crippen LogP contribution is 2.35. The molecule has 3 aromatic rings. The average Bonchev–Trinajstić information content (AvgIpc) is 3.29. The molecule has 180 valence electrons. The van der Waals surface area contributed by atoms with Gasteiger partial charge in [0.2, 0.25) is 0 Å². The number of nitrogens with one attached hydrogen (secondary N) is 1.